The fourth-order valence-electron chi connectivity index (χ4n) is 2.41. The molecule has 1 nitrogen and oxygen atoms in total. The van der Waals surface area contributed by atoms with Crippen LogP contribution in [0.15, 0.2) is 41.7 Å². The summed E-state index contributed by atoms with van der Waals surface area (Å²) in [5, 5.41) is 9.03. The summed E-state index contributed by atoms with van der Waals surface area (Å²) in [5.41, 5.74) is 3.70. The third kappa shape index (κ3) is 2.54. The van der Waals surface area contributed by atoms with Crippen LogP contribution in [0.1, 0.15) is 37.8 Å². The summed E-state index contributed by atoms with van der Waals surface area (Å²) < 4.78 is 14.1. The Hall–Kier alpha value is -1.41. The fourth-order valence-corrected chi connectivity index (χ4v) is 2.41. The molecule has 1 aliphatic rings. The largest absolute Gasteiger partial charge is 0.392 e. The van der Waals surface area contributed by atoms with Gasteiger partial charge in [-0.1, -0.05) is 43.7 Å². The molecule has 1 aromatic rings. The molecule has 0 bridgehead atoms. The highest BCUT2D eigenvalue weighted by Crippen LogP contribution is 2.37. The van der Waals surface area contributed by atoms with Crippen LogP contribution in [0.4, 0.5) is 4.39 Å². The molecule has 96 valence electrons. The van der Waals surface area contributed by atoms with Crippen molar-refractivity contribution in [2.75, 3.05) is 0 Å². The van der Waals surface area contributed by atoms with Gasteiger partial charge >= 0.3 is 0 Å². The number of allylic oxidation sites excluding steroid dienone is 4. The summed E-state index contributed by atoms with van der Waals surface area (Å²) >= 11 is 0. The maximum Gasteiger partial charge on any atom is 0.127 e. The SMILES string of the molecule is CC(C)C1=C(c2ccc(CO)cc2)C(F)=CCC1. The highest BCUT2D eigenvalue weighted by atomic mass is 19.1. The molecule has 0 heterocycles. The second kappa shape index (κ2) is 5.49. The van der Waals surface area contributed by atoms with Crippen molar-refractivity contribution in [2.24, 2.45) is 5.92 Å². The van der Waals surface area contributed by atoms with E-state index >= 15 is 0 Å². The minimum absolute atomic E-state index is 0.0225. The summed E-state index contributed by atoms with van der Waals surface area (Å²) in [4.78, 5) is 0. The molecule has 0 saturated carbocycles. The zero-order chi connectivity index (χ0) is 13.1. The predicted molar refractivity (Wildman–Crippen MR) is 72.5 cm³/mol. The van der Waals surface area contributed by atoms with Gasteiger partial charge in [0.05, 0.1) is 6.61 Å². The van der Waals surface area contributed by atoms with Gasteiger partial charge in [0.1, 0.15) is 5.83 Å². The monoisotopic (exact) mass is 246 g/mol. The van der Waals surface area contributed by atoms with Crippen molar-refractivity contribution in [3.05, 3.63) is 52.9 Å². The van der Waals surface area contributed by atoms with Crippen molar-refractivity contribution in [1.29, 1.82) is 0 Å². The Morgan fingerprint density at radius 3 is 2.44 bits per heavy atom. The Morgan fingerprint density at radius 1 is 1.22 bits per heavy atom. The van der Waals surface area contributed by atoms with Gasteiger partial charge in [0.2, 0.25) is 0 Å². The first-order valence-corrected chi connectivity index (χ1v) is 6.42. The zero-order valence-corrected chi connectivity index (χ0v) is 10.9. The van der Waals surface area contributed by atoms with E-state index < -0.39 is 0 Å². The van der Waals surface area contributed by atoms with Crippen LogP contribution in [0.2, 0.25) is 0 Å². The fraction of sp³-hybridized carbons (Fsp3) is 0.375. The molecule has 18 heavy (non-hydrogen) atoms. The van der Waals surface area contributed by atoms with Crippen LogP contribution in [-0.2, 0) is 6.61 Å². The van der Waals surface area contributed by atoms with Gasteiger partial charge in [-0.15, -0.1) is 0 Å². The van der Waals surface area contributed by atoms with Crippen LogP contribution in [0.5, 0.6) is 0 Å². The minimum Gasteiger partial charge on any atom is -0.392 e. The second-order valence-electron chi connectivity index (χ2n) is 5.00. The molecule has 2 rings (SSSR count). The molecule has 1 N–H and O–H groups in total. The van der Waals surface area contributed by atoms with E-state index in [1.165, 1.54) is 5.57 Å². The molecule has 0 spiro atoms. The third-order valence-electron chi connectivity index (χ3n) is 3.42. The minimum atomic E-state index is -0.110. The number of aliphatic hydroxyl groups is 1. The molecule has 0 aromatic heterocycles. The molecular weight excluding hydrogens is 227 g/mol. The smallest absolute Gasteiger partial charge is 0.127 e. The van der Waals surface area contributed by atoms with Crippen LogP contribution >= 0.6 is 0 Å². The van der Waals surface area contributed by atoms with E-state index in [2.05, 4.69) is 13.8 Å². The standard InChI is InChI=1S/C16H19FO/c1-11(2)14-4-3-5-15(17)16(14)13-8-6-12(10-18)7-9-13/h5-9,11,18H,3-4,10H2,1-2H3. The molecule has 0 saturated heterocycles. The van der Waals surface area contributed by atoms with E-state index in [0.29, 0.717) is 5.92 Å². The summed E-state index contributed by atoms with van der Waals surface area (Å²) in [5.74, 6) is 0.249. The number of rotatable bonds is 3. The molecule has 0 atom stereocenters. The lowest BCUT2D eigenvalue weighted by molar-refractivity contribution is 0.282. The quantitative estimate of drug-likeness (QED) is 0.846. The first-order valence-electron chi connectivity index (χ1n) is 6.42. The maximum atomic E-state index is 14.1. The molecule has 2 heteroatoms. The zero-order valence-electron chi connectivity index (χ0n) is 10.9. The van der Waals surface area contributed by atoms with Gasteiger partial charge in [-0.3, -0.25) is 0 Å². The van der Waals surface area contributed by atoms with Gasteiger partial charge in [0.15, 0.2) is 0 Å². The predicted octanol–water partition coefficient (Wildman–Crippen LogP) is 4.24. The Bertz CT molecular complexity index is 480. The summed E-state index contributed by atoms with van der Waals surface area (Å²) in [6, 6.07) is 7.48. The Kier molecular flexibility index (Phi) is 3.97. The van der Waals surface area contributed by atoms with Crippen molar-refractivity contribution in [3.8, 4) is 0 Å². The molecule has 1 aliphatic carbocycles. The van der Waals surface area contributed by atoms with Crippen LogP contribution in [0.25, 0.3) is 5.57 Å². The van der Waals surface area contributed by atoms with Crippen LogP contribution in [0, 0.1) is 5.92 Å². The number of halogens is 1. The van der Waals surface area contributed by atoms with E-state index in [9.17, 15) is 4.39 Å². The van der Waals surface area contributed by atoms with E-state index in [4.69, 9.17) is 5.11 Å². The normalized spacial score (nSPS) is 16.2. The molecule has 0 unspecified atom stereocenters. The highest BCUT2D eigenvalue weighted by Gasteiger charge is 2.19. The second-order valence-corrected chi connectivity index (χ2v) is 5.00. The van der Waals surface area contributed by atoms with Crippen molar-refractivity contribution in [2.45, 2.75) is 33.3 Å². The Balaban J connectivity index is 2.46. The van der Waals surface area contributed by atoms with Crippen molar-refractivity contribution >= 4 is 5.57 Å². The third-order valence-corrected chi connectivity index (χ3v) is 3.42. The van der Waals surface area contributed by atoms with E-state index in [1.807, 2.05) is 24.3 Å². The lowest BCUT2D eigenvalue weighted by atomic mass is 9.85. The van der Waals surface area contributed by atoms with Gasteiger partial charge in [0, 0.05) is 5.57 Å². The van der Waals surface area contributed by atoms with Crippen molar-refractivity contribution in [1.82, 2.24) is 0 Å². The molecule has 0 radical (unpaired) electrons. The summed E-state index contributed by atoms with van der Waals surface area (Å²) in [6.07, 6.45) is 3.39. The van der Waals surface area contributed by atoms with E-state index in [-0.39, 0.29) is 12.4 Å². The van der Waals surface area contributed by atoms with Crippen molar-refractivity contribution in [3.63, 3.8) is 0 Å². The summed E-state index contributed by atoms with van der Waals surface area (Å²) in [6.45, 7) is 4.24. The van der Waals surface area contributed by atoms with Gasteiger partial charge in [-0.2, -0.15) is 0 Å². The van der Waals surface area contributed by atoms with E-state index in [1.54, 1.807) is 6.08 Å². The van der Waals surface area contributed by atoms with Crippen LogP contribution < -0.4 is 0 Å². The number of aliphatic hydroxyl groups excluding tert-OH is 1. The Labute approximate surface area is 108 Å². The number of benzene rings is 1. The van der Waals surface area contributed by atoms with Gasteiger partial charge in [0.25, 0.3) is 0 Å². The summed E-state index contributed by atoms with van der Waals surface area (Å²) in [7, 11) is 0. The van der Waals surface area contributed by atoms with Gasteiger partial charge in [-0.25, -0.2) is 4.39 Å². The lowest BCUT2D eigenvalue weighted by Gasteiger charge is -2.21. The van der Waals surface area contributed by atoms with E-state index in [0.717, 1.165) is 29.5 Å². The van der Waals surface area contributed by atoms with Gasteiger partial charge in [-0.05, 0) is 36.0 Å². The van der Waals surface area contributed by atoms with Crippen LogP contribution in [0.3, 0.4) is 0 Å². The molecule has 1 aromatic carbocycles. The average molecular weight is 246 g/mol. The maximum absolute atomic E-state index is 14.1. The molecular formula is C16H19FO. The molecule has 0 aliphatic heterocycles. The first-order chi connectivity index (χ1) is 8.63. The van der Waals surface area contributed by atoms with Gasteiger partial charge < -0.3 is 5.11 Å². The highest BCUT2D eigenvalue weighted by molar-refractivity contribution is 5.80. The molecule has 0 amide bonds. The molecule has 0 fully saturated rings. The average Bonchev–Trinajstić information content (AvgIpc) is 2.38. The number of hydrogen-bond acceptors (Lipinski definition) is 1. The first kappa shape index (κ1) is 13.0. The van der Waals surface area contributed by atoms with Crippen molar-refractivity contribution < 1.29 is 9.50 Å². The number of hydrogen-bond donors (Lipinski definition) is 1. The lowest BCUT2D eigenvalue weighted by Crippen LogP contribution is -2.04. The van der Waals surface area contributed by atoms with Crippen LogP contribution in [-0.4, -0.2) is 5.11 Å². The topological polar surface area (TPSA) is 20.2 Å². The Morgan fingerprint density at radius 2 is 1.89 bits per heavy atom.